The Kier molecular flexibility index (Phi) is 3.75. The quantitative estimate of drug-likeness (QED) is 0.657. The van der Waals surface area contributed by atoms with E-state index in [-0.39, 0.29) is 17.2 Å². The van der Waals surface area contributed by atoms with Gasteiger partial charge in [0.1, 0.15) is 5.82 Å². The van der Waals surface area contributed by atoms with Gasteiger partial charge in [-0.05, 0) is 24.9 Å². The highest BCUT2D eigenvalue weighted by molar-refractivity contribution is 5.94. The van der Waals surface area contributed by atoms with Crippen LogP contribution in [0.5, 0.6) is 0 Å². The molecule has 1 fully saturated rings. The number of halogens is 1. The van der Waals surface area contributed by atoms with Crippen LogP contribution in [0.15, 0.2) is 18.2 Å². The summed E-state index contributed by atoms with van der Waals surface area (Å²) in [5, 5.41) is 10.5. The Morgan fingerprint density at radius 1 is 1.58 bits per heavy atom. The average Bonchev–Trinajstić information content (AvgIpc) is 2.86. The molecule has 1 aromatic carbocycles. The van der Waals surface area contributed by atoms with Gasteiger partial charge in [-0.2, -0.15) is 0 Å². The first-order valence-corrected chi connectivity index (χ1v) is 5.96. The smallest absolute Gasteiger partial charge is 0.272 e. The summed E-state index contributed by atoms with van der Waals surface area (Å²) in [7, 11) is 0. The molecule has 2 N–H and O–H groups in total. The van der Waals surface area contributed by atoms with Crippen molar-refractivity contribution in [1.82, 2.24) is 4.90 Å². The lowest BCUT2D eigenvalue weighted by Crippen LogP contribution is -2.30. The maximum absolute atomic E-state index is 13.7. The minimum atomic E-state index is -0.865. The molecule has 1 atom stereocenters. The molecule has 102 valence electrons. The predicted molar refractivity (Wildman–Crippen MR) is 66.1 cm³/mol. The molecule has 1 aromatic rings. The number of nitro groups is 1. The van der Waals surface area contributed by atoms with E-state index in [0.29, 0.717) is 19.6 Å². The zero-order chi connectivity index (χ0) is 14.0. The van der Waals surface area contributed by atoms with E-state index in [1.807, 2.05) is 0 Å². The summed E-state index contributed by atoms with van der Waals surface area (Å²) in [6, 6.07) is 3.06. The van der Waals surface area contributed by atoms with Crippen LogP contribution in [0.4, 0.5) is 10.1 Å². The highest BCUT2D eigenvalue weighted by Crippen LogP contribution is 2.21. The summed E-state index contributed by atoms with van der Waals surface area (Å²) >= 11 is 0. The topological polar surface area (TPSA) is 89.5 Å². The number of hydrogen-bond acceptors (Lipinski definition) is 4. The highest BCUT2D eigenvalue weighted by atomic mass is 19.1. The lowest BCUT2D eigenvalue weighted by molar-refractivity contribution is -0.385. The Bertz CT molecular complexity index is 521. The van der Waals surface area contributed by atoms with E-state index >= 15 is 0 Å². The van der Waals surface area contributed by atoms with Gasteiger partial charge in [0.05, 0.1) is 16.6 Å². The molecule has 6 nitrogen and oxygen atoms in total. The summed E-state index contributed by atoms with van der Waals surface area (Å²) in [5.74, 6) is -1.07. The molecule has 1 heterocycles. The Labute approximate surface area is 109 Å². The normalized spacial score (nSPS) is 18.6. The van der Waals surface area contributed by atoms with Crippen molar-refractivity contribution in [2.75, 3.05) is 19.6 Å². The second-order valence-corrected chi connectivity index (χ2v) is 4.56. The zero-order valence-corrected chi connectivity index (χ0v) is 10.2. The van der Waals surface area contributed by atoms with Crippen LogP contribution in [-0.4, -0.2) is 35.4 Å². The molecule has 0 saturated carbocycles. The zero-order valence-electron chi connectivity index (χ0n) is 10.2. The molecule has 0 radical (unpaired) electrons. The second-order valence-electron chi connectivity index (χ2n) is 4.56. The maximum atomic E-state index is 13.7. The number of hydrogen-bond donors (Lipinski definition) is 1. The van der Waals surface area contributed by atoms with Gasteiger partial charge < -0.3 is 10.6 Å². The van der Waals surface area contributed by atoms with Crippen molar-refractivity contribution < 1.29 is 14.1 Å². The van der Waals surface area contributed by atoms with Crippen LogP contribution < -0.4 is 5.73 Å². The van der Waals surface area contributed by atoms with E-state index < -0.39 is 16.6 Å². The van der Waals surface area contributed by atoms with Crippen LogP contribution in [0.3, 0.4) is 0 Å². The third-order valence-corrected chi connectivity index (χ3v) is 3.30. The molecular formula is C12H14FN3O3. The van der Waals surface area contributed by atoms with Crippen molar-refractivity contribution in [3.63, 3.8) is 0 Å². The molecule has 1 unspecified atom stereocenters. The third-order valence-electron chi connectivity index (χ3n) is 3.30. The summed E-state index contributed by atoms with van der Waals surface area (Å²) in [4.78, 5) is 23.4. The van der Waals surface area contributed by atoms with Gasteiger partial charge in [0.25, 0.3) is 11.6 Å². The number of rotatable bonds is 3. The standard InChI is InChI=1S/C12H14FN3O3/c13-11-5-9(16(18)19)1-2-10(11)12(17)15-4-3-8(6-14)7-15/h1-2,5,8H,3-4,6-7,14H2. The average molecular weight is 267 g/mol. The lowest BCUT2D eigenvalue weighted by atomic mass is 10.1. The van der Waals surface area contributed by atoms with Crippen molar-refractivity contribution in [2.24, 2.45) is 11.7 Å². The van der Waals surface area contributed by atoms with Gasteiger partial charge >= 0.3 is 0 Å². The van der Waals surface area contributed by atoms with Crippen LogP contribution >= 0.6 is 0 Å². The van der Waals surface area contributed by atoms with Crippen molar-refractivity contribution >= 4 is 11.6 Å². The van der Waals surface area contributed by atoms with E-state index in [1.165, 1.54) is 4.90 Å². The van der Waals surface area contributed by atoms with Crippen LogP contribution in [0, 0.1) is 21.8 Å². The summed E-state index contributed by atoms with van der Waals surface area (Å²) in [5.41, 5.74) is 5.03. The minimum Gasteiger partial charge on any atom is -0.338 e. The van der Waals surface area contributed by atoms with Crippen molar-refractivity contribution in [3.8, 4) is 0 Å². The maximum Gasteiger partial charge on any atom is 0.272 e. The molecule has 0 aliphatic carbocycles. The van der Waals surface area contributed by atoms with Gasteiger partial charge in [0.15, 0.2) is 0 Å². The molecule has 1 amide bonds. The van der Waals surface area contributed by atoms with Crippen molar-refractivity contribution in [2.45, 2.75) is 6.42 Å². The molecule has 0 bridgehead atoms. The first kappa shape index (κ1) is 13.4. The third kappa shape index (κ3) is 2.70. The van der Waals surface area contributed by atoms with E-state index in [4.69, 9.17) is 5.73 Å². The Balaban J connectivity index is 2.18. The number of carbonyl (C=O) groups excluding carboxylic acids is 1. The molecule has 1 saturated heterocycles. The van der Waals surface area contributed by atoms with Gasteiger partial charge in [-0.1, -0.05) is 0 Å². The summed E-state index contributed by atoms with van der Waals surface area (Å²) < 4.78 is 13.7. The molecule has 2 rings (SSSR count). The fraction of sp³-hybridized carbons (Fsp3) is 0.417. The molecule has 19 heavy (non-hydrogen) atoms. The first-order chi connectivity index (χ1) is 9.02. The van der Waals surface area contributed by atoms with Gasteiger partial charge in [0, 0.05) is 19.2 Å². The number of nitro benzene ring substituents is 1. The number of nitrogens with zero attached hydrogens (tertiary/aromatic N) is 2. The minimum absolute atomic E-state index is 0.136. The predicted octanol–water partition coefficient (Wildman–Crippen LogP) is 1.15. The largest absolute Gasteiger partial charge is 0.338 e. The number of non-ortho nitro benzene ring substituents is 1. The van der Waals surface area contributed by atoms with Crippen molar-refractivity contribution in [3.05, 3.63) is 39.7 Å². The van der Waals surface area contributed by atoms with Crippen LogP contribution in [0.2, 0.25) is 0 Å². The fourth-order valence-corrected chi connectivity index (χ4v) is 2.17. The van der Waals surface area contributed by atoms with Gasteiger partial charge in [-0.25, -0.2) is 4.39 Å². The molecule has 1 aliphatic rings. The Morgan fingerprint density at radius 3 is 2.84 bits per heavy atom. The molecule has 0 aromatic heterocycles. The second kappa shape index (κ2) is 5.31. The molecule has 1 aliphatic heterocycles. The Morgan fingerprint density at radius 2 is 2.32 bits per heavy atom. The molecular weight excluding hydrogens is 253 g/mol. The van der Waals surface area contributed by atoms with Crippen LogP contribution in [0.1, 0.15) is 16.8 Å². The van der Waals surface area contributed by atoms with E-state index in [2.05, 4.69) is 0 Å². The lowest BCUT2D eigenvalue weighted by Gasteiger charge is -2.16. The van der Waals surface area contributed by atoms with Crippen molar-refractivity contribution in [1.29, 1.82) is 0 Å². The highest BCUT2D eigenvalue weighted by Gasteiger charge is 2.28. The summed E-state index contributed by atoms with van der Waals surface area (Å²) in [6.07, 6.45) is 0.802. The first-order valence-electron chi connectivity index (χ1n) is 5.96. The van der Waals surface area contributed by atoms with E-state index in [9.17, 15) is 19.3 Å². The molecule has 0 spiro atoms. The Hall–Kier alpha value is -2.02. The van der Waals surface area contributed by atoms with Gasteiger partial charge in [-0.3, -0.25) is 14.9 Å². The fourth-order valence-electron chi connectivity index (χ4n) is 2.17. The number of benzene rings is 1. The SMILES string of the molecule is NCC1CCN(C(=O)c2ccc([N+](=O)[O-])cc2F)C1. The summed E-state index contributed by atoms with van der Waals surface area (Å²) in [6.45, 7) is 1.54. The van der Waals surface area contributed by atoms with E-state index in [1.54, 1.807) is 0 Å². The van der Waals surface area contributed by atoms with Gasteiger partial charge in [0.2, 0.25) is 0 Å². The number of likely N-dealkylation sites (tertiary alicyclic amines) is 1. The monoisotopic (exact) mass is 267 g/mol. The van der Waals surface area contributed by atoms with E-state index in [0.717, 1.165) is 24.6 Å². The number of amides is 1. The molecule has 7 heteroatoms. The van der Waals surface area contributed by atoms with Gasteiger partial charge in [-0.15, -0.1) is 0 Å². The van der Waals surface area contributed by atoms with Crippen LogP contribution in [0.25, 0.3) is 0 Å². The number of nitrogens with two attached hydrogens (primary N) is 1. The number of carbonyl (C=O) groups is 1. The van der Waals surface area contributed by atoms with Crippen LogP contribution in [-0.2, 0) is 0 Å².